The molecule has 0 radical (unpaired) electrons. The van der Waals surface area contributed by atoms with E-state index < -0.39 is 22.8 Å². The Morgan fingerprint density at radius 2 is 1.69 bits per heavy atom. The molecule has 9 nitrogen and oxygen atoms in total. The zero-order valence-corrected chi connectivity index (χ0v) is 22.2. The lowest BCUT2D eigenvalue weighted by atomic mass is 9.86. The van der Waals surface area contributed by atoms with Crippen molar-refractivity contribution in [2.45, 2.75) is 66.5 Å². The van der Waals surface area contributed by atoms with E-state index in [1.807, 2.05) is 44.7 Å². The quantitative estimate of drug-likeness (QED) is 0.249. The predicted molar refractivity (Wildman–Crippen MR) is 133 cm³/mol. The summed E-state index contributed by atoms with van der Waals surface area (Å²) in [5.74, 6) is -1.15. The maximum Gasteiger partial charge on any atom is 0.316 e. The largest absolute Gasteiger partial charge is 0.443 e. The molecule has 1 saturated heterocycles. The van der Waals surface area contributed by atoms with E-state index in [9.17, 15) is 14.4 Å². The van der Waals surface area contributed by atoms with E-state index in [1.54, 1.807) is 30.7 Å². The van der Waals surface area contributed by atoms with Gasteiger partial charge in [-0.1, -0.05) is 12.2 Å². The number of esters is 2. The van der Waals surface area contributed by atoms with Gasteiger partial charge in [0, 0.05) is 12.6 Å². The first kappa shape index (κ1) is 27.0. The van der Waals surface area contributed by atoms with Crippen LogP contribution in [0.2, 0.25) is 0 Å². The van der Waals surface area contributed by atoms with Crippen molar-refractivity contribution in [2.75, 3.05) is 26.6 Å². The summed E-state index contributed by atoms with van der Waals surface area (Å²) in [7, 11) is 0. The van der Waals surface area contributed by atoms with E-state index in [4.69, 9.17) is 26.4 Å². The van der Waals surface area contributed by atoms with E-state index >= 15 is 0 Å². The fourth-order valence-corrected chi connectivity index (χ4v) is 4.27. The second-order valence-corrected chi connectivity index (χ2v) is 10.9. The van der Waals surface area contributed by atoms with Crippen molar-refractivity contribution in [3.8, 4) is 0 Å². The summed E-state index contributed by atoms with van der Waals surface area (Å²) in [6.45, 7) is 11.5. The molecule has 0 aliphatic carbocycles. The summed E-state index contributed by atoms with van der Waals surface area (Å²) in [5, 5.41) is 0.241. The maximum atomic E-state index is 13.5. The van der Waals surface area contributed by atoms with E-state index in [2.05, 4.69) is 0 Å². The summed E-state index contributed by atoms with van der Waals surface area (Å²) < 4.78 is 18.6. The fraction of sp³-hybridized carbons (Fsp3) is 0.640. The van der Waals surface area contributed by atoms with Crippen LogP contribution in [0.25, 0.3) is 0 Å². The van der Waals surface area contributed by atoms with Gasteiger partial charge in [-0.05, 0) is 66.6 Å². The lowest BCUT2D eigenvalue weighted by molar-refractivity contribution is -0.571. The van der Waals surface area contributed by atoms with E-state index in [0.29, 0.717) is 31.7 Å². The number of cyclic esters (lactones) is 2. The Bertz CT molecular complexity index is 982. The average Bonchev–Trinajstić information content (AvgIpc) is 3.20. The first-order valence-corrected chi connectivity index (χ1v) is 12.3. The zero-order valence-electron chi connectivity index (χ0n) is 21.4. The van der Waals surface area contributed by atoms with Crippen molar-refractivity contribution in [3.63, 3.8) is 0 Å². The van der Waals surface area contributed by atoms with E-state index in [0.717, 1.165) is 0 Å². The van der Waals surface area contributed by atoms with Gasteiger partial charge >= 0.3 is 17.8 Å². The Kier molecular flexibility index (Phi) is 8.16. The maximum absolute atomic E-state index is 13.5. The van der Waals surface area contributed by atoms with Crippen LogP contribution in [-0.2, 0) is 28.6 Å². The third-order valence-corrected chi connectivity index (χ3v) is 6.73. The number of ether oxygens (including phenoxy) is 3. The molecule has 3 heterocycles. The first-order chi connectivity index (χ1) is 16.3. The summed E-state index contributed by atoms with van der Waals surface area (Å²) in [6, 6.07) is -0.754. The van der Waals surface area contributed by atoms with Gasteiger partial charge in [0.15, 0.2) is 18.1 Å². The minimum Gasteiger partial charge on any atom is -0.443 e. The van der Waals surface area contributed by atoms with Crippen LogP contribution in [0.4, 0.5) is 0 Å². The number of hydrogen-bond acceptors (Lipinski definition) is 7. The van der Waals surface area contributed by atoms with Crippen LogP contribution in [-0.4, -0.2) is 82.3 Å². The molecule has 0 aromatic heterocycles. The molecule has 192 valence electrons. The minimum absolute atomic E-state index is 0.0427. The molecule has 35 heavy (non-hydrogen) atoms. The molecule has 3 aliphatic rings. The molecule has 2 bridgehead atoms. The van der Waals surface area contributed by atoms with E-state index in [1.165, 1.54) is 4.90 Å². The number of nitrogens with zero attached hydrogens (tertiary/aromatic N) is 3. The molecule has 0 N–H and O–H groups in total. The topological polar surface area (TPSA) is 88.4 Å². The molecular weight excluding hydrogens is 470 g/mol. The van der Waals surface area contributed by atoms with E-state index in [-0.39, 0.29) is 36.6 Å². The average molecular weight is 507 g/mol. The second kappa shape index (κ2) is 10.6. The summed E-state index contributed by atoms with van der Waals surface area (Å²) in [4.78, 5) is 42.3. The Balaban J connectivity index is 1.92. The molecule has 0 saturated carbocycles. The number of fused-ring (bicyclic) bond motifs is 1. The molecule has 3 aliphatic heterocycles. The number of carbonyl (C=O) groups excluding carboxylic acids is 3. The SMILES string of the molecule is CC(C)OCCN1C(=S)N2COC(=O)C(C)(C)C/C=C/CC(C)(C)C(=O)OC[N+]3=CC=C1C3C2=O. The van der Waals surface area contributed by atoms with Crippen LogP contribution < -0.4 is 0 Å². The van der Waals surface area contributed by atoms with Gasteiger partial charge in [-0.15, -0.1) is 0 Å². The lowest BCUT2D eigenvalue weighted by Gasteiger charge is -2.39. The van der Waals surface area contributed by atoms with Crippen molar-refractivity contribution >= 4 is 41.4 Å². The van der Waals surface area contributed by atoms with Gasteiger partial charge in [0.05, 0.1) is 23.5 Å². The Morgan fingerprint density at radius 3 is 2.29 bits per heavy atom. The Hall–Kier alpha value is -2.59. The normalized spacial score (nSPS) is 25.7. The number of allylic oxidation sites excluding steroid dienone is 3. The number of rotatable bonds is 4. The van der Waals surface area contributed by atoms with Gasteiger partial charge < -0.3 is 19.1 Å². The van der Waals surface area contributed by atoms with Crippen molar-refractivity contribution < 1.29 is 33.2 Å². The lowest BCUT2D eigenvalue weighted by Crippen LogP contribution is -2.60. The minimum atomic E-state index is -0.818. The molecule has 1 atom stereocenters. The van der Waals surface area contributed by atoms with Crippen LogP contribution in [0.3, 0.4) is 0 Å². The van der Waals surface area contributed by atoms with Gasteiger partial charge in [0.25, 0.3) is 12.8 Å². The third kappa shape index (κ3) is 5.98. The highest BCUT2D eigenvalue weighted by molar-refractivity contribution is 7.80. The van der Waals surface area contributed by atoms with Crippen LogP contribution in [0.1, 0.15) is 54.4 Å². The highest BCUT2D eigenvalue weighted by Gasteiger charge is 2.50. The fourth-order valence-electron chi connectivity index (χ4n) is 3.93. The molecule has 0 aromatic rings. The molecule has 1 fully saturated rings. The summed E-state index contributed by atoms with van der Waals surface area (Å²) in [6.07, 6.45) is 8.20. The summed E-state index contributed by atoms with van der Waals surface area (Å²) in [5.41, 5.74) is -0.907. The molecule has 3 rings (SSSR count). The molecular formula is C25H36N3O6S+. The monoisotopic (exact) mass is 506 g/mol. The highest BCUT2D eigenvalue weighted by Crippen LogP contribution is 2.30. The van der Waals surface area contributed by atoms with Crippen LogP contribution in [0.5, 0.6) is 0 Å². The molecule has 1 amide bonds. The summed E-state index contributed by atoms with van der Waals surface area (Å²) >= 11 is 5.64. The second-order valence-electron chi connectivity index (χ2n) is 10.5. The predicted octanol–water partition coefficient (Wildman–Crippen LogP) is 2.59. The van der Waals surface area contributed by atoms with Gasteiger partial charge in [-0.25, -0.2) is 4.90 Å². The molecule has 10 heteroatoms. The number of hydrogen-bond donors (Lipinski definition) is 0. The Labute approximate surface area is 212 Å². The van der Waals surface area contributed by atoms with Gasteiger partial charge in [0.1, 0.15) is 5.70 Å². The van der Waals surface area contributed by atoms with Crippen molar-refractivity contribution in [1.82, 2.24) is 9.80 Å². The standard InChI is InChI=1S/C25H36N3O6S/c1-17(2)32-14-13-27-18-9-12-26-15-33-21(30)24(3,4)10-7-8-11-25(5,6)22(31)34-16-28(23(27)35)20(29)19(18)26/h7-9,12,17,19H,10-11,13-16H2,1-6H3/q+1/b8-7+. The van der Waals surface area contributed by atoms with Crippen molar-refractivity contribution in [1.29, 1.82) is 0 Å². The number of thiocarbonyl (C=S) groups is 1. The smallest absolute Gasteiger partial charge is 0.316 e. The molecule has 1 unspecified atom stereocenters. The molecule has 0 spiro atoms. The molecule has 0 aromatic carbocycles. The number of amides is 1. The van der Waals surface area contributed by atoms with Crippen LogP contribution in [0, 0.1) is 10.8 Å². The van der Waals surface area contributed by atoms with Crippen LogP contribution in [0.15, 0.2) is 23.9 Å². The van der Waals surface area contributed by atoms with Gasteiger partial charge in [0.2, 0.25) is 0 Å². The van der Waals surface area contributed by atoms with Crippen LogP contribution >= 0.6 is 12.2 Å². The highest BCUT2D eigenvalue weighted by atomic mass is 32.1. The van der Waals surface area contributed by atoms with Gasteiger partial charge in [-0.3, -0.25) is 14.4 Å². The van der Waals surface area contributed by atoms with Crippen molar-refractivity contribution in [2.24, 2.45) is 10.8 Å². The van der Waals surface area contributed by atoms with Crippen molar-refractivity contribution in [3.05, 3.63) is 23.9 Å². The Morgan fingerprint density at radius 1 is 1.09 bits per heavy atom. The van der Waals surface area contributed by atoms with Gasteiger partial charge in [-0.2, -0.15) is 4.58 Å². The first-order valence-electron chi connectivity index (χ1n) is 11.9. The third-order valence-electron chi connectivity index (χ3n) is 6.29. The number of carbonyl (C=O) groups is 3. The zero-order chi connectivity index (χ0) is 26.0.